The molecule has 0 atom stereocenters. The van der Waals surface area contributed by atoms with Crippen molar-refractivity contribution in [3.63, 3.8) is 0 Å². The number of benzene rings is 1. The Hall–Kier alpha value is -1.20. The molecule has 5 heteroatoms. The van der Waals surface area contributed by atoms with Gasteiger partial charge in [-0.15, -0.1) is 10.2 Å². The zero-order valence-corrected chi connectivity index (χ0v) is 8.98. The van der Waals surface area contributed by atoms with E-state index in [1.54, 1.807) is 12.7 Å². The van der Waals surface area contributed by atoms with Crippen molar-refractivity contribution in [2.75, 3.05) is 0 Å². The van der Waals surface area contributed by atoms with Crippen molar-refractivity contribution < 1.29 is 0 Å². The maximum absolute atomic E-state index is 5.57. The lowest BCUT2D eigenvalue weighted by Gasteiger charge is -2.06. The molecule has 0 radical (unpaired) electrons. The first kappa shape index (κ1) is 9.36. The number of hydrogen-bond acceptors (Lipinski definition) is 3. The van der Waals surface area contributed by atoms with E-state index in [4.69, 9.17) is 5.73 Å². The molecule has 14 heavy (non-hydrogen) atoms. The Labute approximate surface area is 89.9 Å². The van der Waals surface area contributed by atoms with Crippen molar-refractivity contribution >= 4 is 15.9 Å². The second-order valence-electron chi connectivity index (χ2n) is 2.86. The van der Waals surface area contributed by atoms with Gasteiger partial charge in [0.25, 0.3) is 0 Å². The van der Waals surface area contributed by atoms with Gasteiger partial charge in [-0.25, -0.2) is 0 Å². The highest BCUT2D eigenvalue weighted by molar-refractivity contribution is 9.10. The molecule has 4 nitrogen and oxygen atoms in total. The van der Waals surface area contributed by atoms with Crippen LogP contribution in [0, 0.1) is 0 Å². The summed E-state index contributed by atoms with van der Waals surface area (Å²) in [5, 5.41) is 7.51. The Balaban J connectivity index is 2.51. The van der Waals surface area contributed by atoms with Gasteiger partial charge in [0.2, 0.25) is 0 Å². The van der Waals surface area contributed by atoms with Crippen LogP contribution in [0.1, 0.15) is 5.56 Å². The predicted molar refractivity (Wildman–Crippen MR) is 57.0 cm³/mol. The van der Waals surface area contributed by atoms with Crippen LogP contribution in [0.25, 0.3) is 5.69 Å². The molecule has 2 N–H and O–H groups in total. The van der Waals surface area contributed by atoms with Crippen LogP contribution in [-0.4, -0.2) is 14.8 Å². The van der Waals surface area contributed by atoms with Gasteiger partial charge in [-0.3, -0.25) is 4.57 Å². The number of nitrogens with zero attached hydrogens (tertiary/aromatic N) is 3. The maximum Gasteiger partial charge on any atom is 0.123 e. The zero-order valence-electron chi connectivity index (χ0n) is 7.39. The Kier molecular flexibility index (Phi) is 2.60. The van der Waals surface area contributed by atoms with Gasteiger partial charge in [0.1, 0.15) is 12.7 Å². The van der Waals surface area contributed by atoms with Gasteiger partial charge in [0.15, 0.2) is 0 Å². The molecule has 0 unspecified atom stereocenters. The molecule has 0 spiro atoms. The molecular weight excluding hydrogens is 244 g/mol. The topological polar surface area (TPSA) is 56.7 Å². The fourth-order valence-corrected chi connectivity index (χ4v) is 1.66. The van der Waals surface area contributed by atoms with Crippen molar-refractivity contribution in [3.05, 3.63) is 40.9 Å². The molecule has 0 aliphatic carbocycles. The van der Waals surface area contributed by atoms with E-state index in [9.17, 15) is 0 Å². The van der Waals surface area contributed by atoms with Crippen LogP contribution in [0.15, 0.2) is 35.3 Å². The number of nitrogens with two attached hydrogens (primary N) is 1. The average molecular weight is 253 g/mol. The Morgan fingerprint density at radius 1 is 1.29 bits per heavy atom. The van der Waals surface area contributed by atoms with Gasteiger partial charge in [-0.2, -0.15) is 0 Å². The highest BCUT2D eigenvalue weighted by atomic mass is 79.9. The van der Waals surface area contributed by atoms with Crippen molar-refractivity contribution in [2.24, 2.45) is 5.73 Å². The number of rotatable bonds is 2. The monoisotopic (exact) mass is 252 g/mol. The normalized spacial score (nSPS) is 10.4. The summed E-state index contributed by atoms with van der Waals surface area (Å²) in [5.74, 6) is 0. The molecule has 0 saturated carbocycles. The summed E-state index contributed by atoms with van der Waals surface area (Å²) in [6.45, 7) is 0.530. The number of halogens is 1. The standard InChI is InChI=1S/C9H9BrN4/c10-8-2-1-7(4-11)3-9(8)14-5-12-13-6-14/h1-3,5-6H,4,11H2. The van der Waals surface area contributed by atoms with Gasteiger partial charge in [-0.05, 0) is 33.6 Å². The SMILES string of the molecule is NCc1ccc(Br)c(-n2cnnc2)c1. The molecule has 1 heterocycles. The fourth-order valence-electron chi connectivity index (χ4n) is 1.21. The first-order chi connectivity index (χ1) is 6.81. The molecule has 72 valence electrons. The van der Waals surface area contributed by atoms with Crippen LogP contribution < -0.4 is 5.73 Å². The van der Waals surface area contributed by atoms with Gasteiger partial charge in [0.05, 0.1) is 5.69 Å². The highest BCUT2D eigenvalue weighted by Gasteiger charge is 2.02. The zero-order chi connectivity index (χ0) is 9.97. The van der Waals surface area contributed by atoms with E-state index in [0.29, 0.717) is 6.54 Å². The van der Waals surface area contributed by atoms with Crippen molar-refractivity contribution in [1.82, 2.24) is 14.8 Å². The Morgan fingerprint density at radius 2 is 2.00 bits per heavy atom. The van der Waals surface area contributed by atoms with Gasteiger partial charge >= 0.3 is 0 Å². The third-order valence-electron chi connectivity index (χ3n) is 1.94. The summed E-state index contributed by atoms with van der Waals surface area (Å²) in [6.07, 6.45) is 3.31. The van der Waals surface area contributed by atoms with Crippen molar-refractivity contribution in [3.8, 4) is 5.69 Å². The maximum atomic E-state index is 5.57. The molecule has 2 rings (SSSR count). The minimum Gasteiger partial charge on any atom is -0.326 e. The van der Waals surface area contributed by atoms with E-state index in [0.717, 1.165) is 15.7 Å². The smallest absolute Gasteiger partial charge is 0.123 e. The average Bonchev–Trinajstić information content (AvgIpc) is 2.71. The second-order valence-corrected chi connectivity index (χ2v) is 3.71. The first-order valence-electron chi connectivity index (χ1n) is 4.15. The third-order valence-corrected chi connectivity index (χ3v) is 2.61. The number of aromatic nitrogens is 3. The van der Waals surface area contributed by atoms with Crippen LogP contribution in [0.5, 0.6) is 0 Å². The minimum atomic E-state index is 0.530. The molecule has 1 aromatic carbocycles. The van der Waals surface area contributed by atoms with E-state index in [1.165, 1.54) is 0 Å². The molecule has 2 aromatic rings. The van der Waals surface area contributed by atoms with E-state index >= 15 is 0 Å². The lowest BCUT2D eigenvalue weighted by Crippen LogP contribution is -1.99. The molecule has 0 bridgehead atoms. The molecule has 0 fully saturated rings. The van der Waals surface area contributed by atoms with Crippen molar-refractivity contribution in [2.45, 2.75) is 6.54 Å². The first-order valence-corrected chi connectivity index (χ1v) is 4.94. The minimum absolute atomic E-state index is 0.530. The molecule has 1 aromatic heterocycles. The molecule has 0 amide bonds. The van der Waals surface area contributed by atoms with Gasteiger partial charge < -0.3 is 5.73 Å². The second kappa shape index (κ2) is 3.89. The lowest BCUT2D eigenvalue weighted by molar-refractivity contribution is 1.02. The molecule has 0 aliphatic rings. The van der Waals surface area contributed by atoms with E-state index in [2.05, 4.69) is 26.1 Å². The lowest BCUT2D eigenvalue weighted by atomic mass is 10.2. The third kappa shape index (κ3) is 1.69. The summed E-state index contributed by atoms with van der Waals surface area (Å²) in [5.41, 5.74) is 7.64. The highest BCUT2D eigenvalue weighted by Crippen LogP contribution is 2.21. The molecule has 0 saturated heterocycles. The molecular formula is C9H9BrN4. The predicted octanol–water partition coefficient (Wildman–Crippen LogP) is 1.49. The largest absolute Gasteiger partial charge is 0.326 e. The number of hydrogen-bond donors (Lipinski definition) is 1. The van der Waals surface area contributed by atoms with Crippen LogP contribution in [0.4, 0.5) is 0 Å². The summed E-state index contributed by atoms with van der Waals surface area (Å²) in [4.78, 5) is 0. The summed E-state index contributed by atoms with van der Waals surface area (Å²) < 4.78 is 2.83. The van der Waals surface area contributed by atoms with E-state index in [-0.39, 0.29) is 0 Å². The van der Waals surface area contributed by atoms with Crippen molar-refractivity contribution in [1.29, 1.82) is 0 Å². The van der Waals surface area contributed by atoms with Gasteiger partial charge in [-0.1, -0.05) is 6.07 Å². The summed E-state index contributed by atoms with van der Waals surface area (Å²) >= 11 is 3.46. The van der Waals surface area contributed by atoms with Crippen LogP contribution in [0.2, 0.25) is 0 Å². The van der Waals surface area contributed by atoms with E-state index in [1.807, 2.05) is 22.8 Å². The Bertz CT molecular complexity index is 424. The molecule has 0 aliphatic heterocycles. The Morgan fingerprint density at radius 3 is 2.64 bits per heavy atom. The van der Waals surface area contributed by atoms with E-state index < -0.39 is 0 Å². The van der Waals surface area contributed by atoms with Gasteiger partial charge in [0, 0.05) is 11.0 Å². The van der Waals surface area contributed by atoms with Crippen LogP contribution in [0.3, 0.4) is 0 Å². The van der Waals surface area contributed by atoms with Crippen LogP contribution >= 0.6 is 15.9 Å². The quantitative estimate of drug-likeness (QED) is 0.882. The summed E-state index contributed by atoms with van der Waals surface area (Å²) in [6, 6.07) is 5.96. The van der Waals surface area contributed by atoms with Crippen LogP contribution in [-0.2, 0) is 6.54 Å². The summed E-state index contributed by atoms with van der Waals surface area (Å²) in [7, 11) is 0. The fraction of sp³-hybridized carbons (Fsp3) is 0.111.